The van der Waals surface area contributed by atoms with Crippen LogP contribution >= 0.6 is 0 Å². The molecule has 1 atom stereocenters. The monoisotopic (exact) mass is 210 g/mol. The van der Waals surface area contributed by atoms with Gasteiger partial charge in [-0.2, -0.15) is 0 Å². The smallest absolute Gasteiger partial charge is 0.223 e. The van der Waals surface area contributed by atoms with Gasteiger partial charge in [-0.1, -0.05) is 6.42 Å². The molecule has 2 aliphatic rings. The van der Waals surface area contributed by atoms with Crippen LogP contribution in [-0.2, 0) is 4.79 Å². The van der Waals surface area contributed by atoms with Crippen molar-refractivity contribution >= 4 is 5.91 Å². The van der Waals surface area contributed by atoms with Gasteiger partial charge in [-0.15, -0.1) is 0 Å². The van der Waals surface area contributed by atoms with E-state index in [1.165, 1.54) is 32.4 Å². The molecule has 3 heteroatoms. The van der Waals surface area contributed by atoms with Crippen molar-refractivity contribution in [3.63, 3.8) is 0 Å². The Bertz CT molecular complexity index is 220. The number of carbonyl (C=O) groups is 1. The normalized spacial score (nSPS) is 24.9. The molecule has 0 spiro atoms. The third kappa shape index (κ3) is 3.20. The van der Waals surface area contributed by atoms with Gasteiger partial charge in [0.1, 0.15) is 0 Å². The third-order valence-corrected chi connectivity index (χ3v) is 3.53. The first kappa shape index (κ1) is 10.9. The van der Waals surface area contributed by atoms with Crippen molar-refractivity contribution in [3.8, 4) is 0 Å². The van der Waals surface area contributed by atoms with E-state index >= 15 is 0 Å². The highest BCUT2D eigenvalue weighted by Gasteiger charge is 2.29. The van der Waals surface area contributed by atoms with Crippen LogP contribution in [0.3, 0.4) is 0 Å². The van der Waals surface area contributed by atoms with E-state index in [4.69, 9.17) is 0 Å². The van der Waals surface area contributed by atoms with Gasteiger partial charge in [0.25, 0.3) is 0 Å². The van der Waals surface area contributed by atoms with Crippen LogP contribution in [0.1, 0.15) is 39.0 Å². The van der Waals surface area contributed by atoms with Crippen LogP contribution < -0.4 is 5.32 Å². The molecule has 1 saturated heterocycles. The quantitative estimate of drug-likeness (QED) is 0.760. The number of nitrogens with zero attached hydrogens (tertiary/aromatic N) is 1. The zero-order chi connectivity index (χ0) is 10.7. The van der Waals surface area contributed by atoms with Crippen LogP contribution in [0.15, 0.2) is 0 Å². The predicted molar refractivity (Wildman–Crippen MR) is 60.6 cm³/mol. The molecule has 1 N–H and O–H groups in total. The molecule has 1 saturated carbocycles. The SMILES string of the molecule is CC(CNC(=O)C1CC1)N1CCCCC1. The summed E-state index contributed by atoms with van der Waals surface area (Å²) in [5, 5.41) is 3.06. The molecule has 0 bridgehead atoms. The fourth-order valence-corrected chi connectivity index (χ4v) is 2.23. The van der Waals surface area contributed by atoms with Crippen LogP contribution in [0.25, 0.3) is 0 Å². The lowest BCUT2D eigenvalue weighted by molar-refractivity contribution is -0.122. The molecule has 3 nitrogen and oxygen atoms in total. The van der Waals surface area contributed by atoms with Crippen LogP contribution in [0.4, 0.5) is 0 Å². The molecule has 2 fully saturated rings. The van der Waals surface area contributed by atoms with Gasteiger partial charge in [0, 0.05) is 18.5 Å². The van der Waals surface area contributed by atoms with Crippen LogP contribution in [0.2, 0.25) is 0 Å². The first-order chi connectivity index (χ1) is 7.27. The van der Waals surface area contributed by atoms with E-state index in [-0.39, 0.29) is 5.91 Å². The predicted octanol–water partition coefficient (Wildman–Crippen LogP) is 1.39. The van der Waals surface area contributed by atoms with Gasteiger partial charge in [0.15, 0.2) is 0 Å². The number of likely N-dealkylation sites (tertiary alicyclic amines) is 1. The van der Waals surface area contributed by atoms with Gasteiger partial charge in [-0.3, -0.25) is 9.69 Å². The van der Waals surface area contributed by atoms with Gasteiger partial charge in [-0.05, 0) is 45.7 Å². The lowest BCUT2D eigenvalue weighted by atomic mass is 10.1. The van der Waals surface area contributed by atoms with Gasteiger partial charge in [-0.25, -0.2) is 0 Å². The summed E-state index contributed by atoms with van der Waals surface area (Å²) in [5.41, 5.74) is 0. The first-order valence-electron chi connectivity index (χ1n) is 6.29. The van der Waals surface area contributed by atoms with E-state index in [0.29, 0.717) is 12.0 Å². The highest BCUT2D eigenvalue weighted by atomic mass is 16.2. The van der Waals surface area contributed by atoms with Crippen LogP contribution in [0, 0.1) is 5.92 Å². The minimum absolute atomic E-state index is 0.277. The topological polar surface area (TPSA) is 32.3 Å². The largest absolute Gasteiger partial charge is 0.354 e. The van der Waals surface area contributed by atoms with Crippen molar-refractivity contribution in [1.82, 2.24) is 10.2 Å². The second-order valence-electron chi connectivity index (χ2n) is 4.97. The Hall–Kier alpha value is -0.570. The van der Waals surface area contributed by atoms with Gasteiger partial charge in [0.2, 0.25) is 5.91 Å². The molecular weight excluding hydrogens is 188 g/mol. The minimum Gasteiger partial charge on any atom is -0.354 e. The molecule has 86 valence electrons. The Morgan fingerprint density at radius 2 is 2.00 bits per heavy atom. The molecule has 1 aliphatic heterocycles. The second-order valence-corrected chi connectivity index (χ2v) is 4.97. The maximum absolute atomic E-state index is 11.5. The van der Waals surface area contributed by atoms with Crippen molar-refractivity contribution in [2.24, 2.45) is 5.92 Å². The molecule has 15 heavy (non-hydrogen) atoms. The molecule has 0 aromatic heterocycles. The Labute approximate surface area is 92.2 Å². The van der Waals surface area contributed by atoms with Crippen LogP contribution in [0.5, 0.6) is 0 Å². The highest BCUT2D eigenvalue weighted by molar-refractivity contribution is 5.80. The van der Waals surface area contributed by atoms with E-state index in [0.717, 1.165) is 19.4 Å². The van der Waals surface area contributed by atoms with E-state index in [9.17, 15) is 4.79 Å². The summed E-state index contributed by atoms with van der Waals surface area (Å²) in [5.74, 6) is 0.623. The number of hydrogen-bond donors (Lipinski definition) is 1. The van der Waals surface area contributed by atoms with Crippen molar-refractivity contribution in [2.45, 2.75) is 45.1 Å². The number of carbonyl (C=O) groups excluding carboxylic acids is 1. The minimum atomic E-state index is 0.277. The Balaban J connectivity index is 1.66. The summed E-state index contributed by atoms with van der Waals surface area (Å²) in [6.45, 7) is 5.47. The van der Waals surface area contributed by atoms with Gasteiger partial charge < -0.3 is 5.32 Å². The molecular formula is C12H22N2O. The van der Waals surface area contributed by atoms with Crippen molar-refractivity contribution in [1.29, 1.82) is 0 Å². The van der Waals surface area contributed by atoms with E-state index in [2.05, 4.69) is 17.1 Å². The van der Waals surface area contributed by atoms with E-state index < -0.39 is 0 Å². The van der Waals surface area contributed by atoms with E-state index in [1.807, 2.05) is 0 Å². The number of nitrogens with one attached hydrogen (secondary N) is 1. The summed E-state index contributed by atoms with van der Waals surface area (Å²) in [4.78, 5) is 14.0. The molecule has 1 aliphatic carbocycles. The molecule has 1 heterocycles. The first-order valence-corrected chi connectivity index (χ1v) is 6.29. The maximum atomic E-state index is 11.5. The fraction of sp³-hybridized carbons (Fsp3) is 0.917. The zero-order valence-electron chi connectivity index (χ0n) is 9.67. The maximum Gasteiger partial charge on any atom is 0.223 e. The van der Waals surface area contributed by atoms with Crippen molar-refractivity contribution < 1.29 is 4.79 Å². The van der Waals surface area contributed by atoms with Crippen LogP contribution in [-0.4, -0.2) is 36.5 Å². The summed E-state index contributed by atoms with van der Waals surface area (Å²) in [6, 6.07) is 0.507. The Morgan fingerprint density at radius 1 is 1.33 bits per heavy atom. The molecule has 1 amide bonds. The van der Waals surface area contributed by atoms with Gasteiger partial charge >= 0.3 is 0 Å². The van der Waals surface area contributed by atoms with Gasteiger partial charge in [0.05, 0.1) is 0 Å². The average molecular weight is 210 g/mol. The number of amides is 1. The number of piperidine rings is 1. The number of hydrogen-bond acceptors (Lipinski definition) is 2. The van der Waals surface area contributed by atoms with Crippen molar-refractivity contribution in [3.05, 3.63) is 0 Å². The summed E-state index contributed by atoms with van der Waals surface area (Å²) in [6.07, 6.45) is 6.22. The zero-order valence-corrected chi connectivity index (χ0v) is 9.67. The standard InChI is InChI=1S/C12H22N2O/c1-10(14-7-3-2-4-8-14)9-13-12(15)11-5-6-11/h10-11H,2-9H2,1H3,(H,13,15). The highest BCUT2D eigenvalue weighted by Crippen LogP contribution is 2.28. The third-order valence-electron chi connectivity index (χ3n) is 3.53. The summed E-state index contributed by atoms with van der Waals surface area (Å²) in [7, 11) is 0. The molecule has 0 aromatic carbocycles. The Morgan fingerprint density at radius 3 is 2.60 bits per heavy atom. The van der Waals surface area contributed by atoms with Crippen molar-refractivity contribution in [2.75, 3.05) is 19.6 Å². The molecule has 0 radical (unpaired) electrons. The molecule has 1 unspecified atom stereocenters. The average Bonchev–Trinajstić information content (AvgIpc) is 3.10. The number of rotatable bonds is 4. The lowest BCUT2D eigenvalue weighted by Crippen LogP contribution is -2.44. The molecule has 0 aromatic rings. The fourth-order valence-electron chi connectivity index (χ4n) is 2.23. The lowest BCUT2D eigenvalue weighted by Gasteiger charge is -2.32. The molecule has 2 rings (SSSR count). The Kier molecular flexibility index (Phi) is 3.62. The van der Waals surface area contributed by atoms with E-state index in [1.54, 1.807) is 0 Å². The summed E-state index contributed by atoms with van der Waals surface area (Å²) < 4.78 is 0. The second kappa shape index (κ2) is 4.97. The summed E-state index contributed by atoms with van der Waals surface area (Å²) >= 11 is 0.